The van der Waals surface area contributed by atoms with Crippen LogP contribution in [0.5, 0.6) is 0 Å². The van der Waals surface area contributed by atoms with E-state index >= 15 is 0 Å². The van der Waals surface area contributed by atoms with Crippen LogP contribution in [-0.2, 0) is 9.59 Å². The second kappa shape index (κ2) is 3.65. The molecule has 1 aliphatic heterocycles. The molecule has 0 spiro atoms. The van der Waals surface area contributed by atoms with Crippen LogP contribution in [0.4, 0.5) is 11.4 Å². The predicted molar refractivity (Wildman–Crippen MR) is 59.6 cm³/mol. The van der Waals surface area contributed by atoms with Crippen molar-refractivity contribution >= 4 is 28.9 Å². The lowest BCUT2D eigenvalue weighted by Crippen LogP contribution is -2.22. The highest BCUT2D eigenvalue weighted by Crippen LogP contribution is 2.21. The lowest BCUT2D eigenvalue weighted by Gasteiger charge is -2.11. The van der Waals surface area contributed by atoms with Crippen LogP contribution >= 0.6 is 0 Å². The molecule has 1 aromatic rings. The number of hydrogen-bond acceptors (Lipinski definition) is 4. The number of nitrogen functional groups attached to an aromatic ring is 1. The van der Waals surface area contributed by atoms with Crippen LogP contribution in [0.1, 0.15) is 6.42 Å². The second-order valence-corrected chi connectivity index (χ2v) is 3.38. The fraction of sp³-hybridized carbons (Fsp3) is 0.100. The monoisotopic (exact) mass is 218 g/mol. The minimum absolute atomic E-state index is 0.0558. The van der Waals surface area contributed by atoms with Gasteiger partial charge in [0.25, 0.3) is 11.8 Å². The summed E-state index contributed by atoms with van der Waals surface area (Å²) in [6.45, 7) is 0. The van der Waals surface area contributed by atoms with Crippen molar-refractivity contribution in [2.45, 2.75) is 6.42 Å². The van der Waals surface area contributed by atoms with E-state index in [1.54, 1.807) is 24.3 Å². The van der Waals surface area contributed by atoms with Crippen molar-refractivity contribution in [3.05, 3.63) is 24.3 Å². The van der Waals surface area contributed by atoms with Crippen LogP contribution in [0.15, 0.2) is 29.4 Å². The lowest BCUT2D eigenvalue weighted by atomic mass is 10.2. The van der Waals surface area contributed by atoms with Gasteiger partial charge in [-0.2, -0.15) is 10.1 Å². The standard InChI is InChI=1S/C10H10N4O2/c11-6-1-3-7(4-2-6)14-9(15)5-8(13-14)10(12)16/h1-4H,5,11H2,(H2,12,16). The average Bonchev–Trinajstić information content (AvgIpc) is 2.62. The van der Waals surface area contributed by atoms with Gasteiger partial charge in [0.2, 0.25) is 0 Å². The summed E-state index contributed by atoms with van der Waals surface area (Å²) in [6.07, 6.45) is -0.0558. The zero-order valence-electron chi connectivity index (χ0n) is 8.38. The average molecular weight is 218 g/mol. The van der Waals surface area contributed by atoms with E-state index in [1.807, 2.05) is 0 Å². The van der Waals surface area contributed by atoms with Crippen LogP contribution in [0.3, 0.4) is 0 Å². The number of hydrogen-bond donors (Lipinski definition) is 2. The number of benzene rings is 1. The smallest absolute Gasteiger partial charge is 0.265 e. The van der Waals surface area contributed by atoms with Crippen LogP contribution in [0.2, 0.25) is 0 Å². The molecule has 0 aliphatic carbocycles. The van der Waals surface area contributed by atoms with Gasteiger partial charge < -0.3 is 11.5 Å². The molecule has 6 heteroatoms. The van der Waals surface area contributed by atoms with Gasteiger partial charge in [-0.25, -0.2) is 0 Å². The number of rotatable bonds is 2. The first-order valence-corrected chi connectivity index (χ1v) is 4.63. The van der Waals surface area contributed by atoms with Crippen LogP contribution < -0.4 is 16.5 Å². The summed E-state index contributed by atoms with van der Waals surface area (Å²) >= 11 is 0. The van der Waals surface area contributed by atoms with Gasteiger partial charge in [-0.3, -0.25) is 9.59 Å². The molecule has 2 rings (SSSR count). The van der Waals surface area contributed by atoms with E-state index in [4.69, 9.17) is 11.5 Å². The quantitative estimate of drug-likeness (QED) is 0.674. The molecular formula is C10H10N4O2. The van der Waals surface area contributed by atoms with Crippen molar-refractivity contribution < 1.29 is 9.59 Å². The third kappa shape index (κ3) is 1.72. The van der Waals surface area contributed by atoms with Crippen molar-refractivity contribution in [2.24, 2.45) is 10.8 Å². The molecule has 6 nitrogen and oxygen atoms in total. The molecule has 82 valence electrons. The van der Waals surface area contributed by atoms with Gasteiger partial charge in [0.05, 0.1) is 12.1 Å². The molecule has 2 amide bonds. The molecule has 0 radical (unpaired) electrons. The Bertz CT molecular complexity index is 478. The summed E-state index contributed by atoms with van der Waals surface area (Å²) in [6, 6.07) is 6.61. The van der Waals surface area contributed by atoms with Gasteiger partial charge in [0.15, 0.2) is 0 Å². The number of hydrazone groups is 1. The molecule has 1 aliphatic rings. The number of carbonyl (C=O) groups excluding carboxylic acids is 2. The Morgan fingerprint density at radius 1 is 1.31 bits per heavy atom. The molecule has 0 fully saturated rings. The number of carbonyl (C=O) groups is 2. The topological polar surface area (TPSA) is 102 Å². The maximum absolute atomic E-state index is 11.5. The first kappa shape index (κ1) is 10.2. The number of nitrogens with zero attached hydrogens (tertiary/aromatic N) is 2. The van der Waals surface area contributed by atoms with Gasteiger partial charge >= 0.3 is 0 Å². The zero-order chi connectivity index (χ0) is 11.7. The minimum atomic E-state index is -0.675. The SMILES string of the molecule is NC(=O)C1=NN(c2ccc(N)cc2)C(=O)C1. The number of nitrogens with two attached hydrogens (primary N) is 2. The number of anilines is 2. The van der Waals surface area contributed by atoms with Gasteiger partial charge in [-0.1, -0.05) is 0 Å². The van der Waals surface area contributed by atoms with Crippen LogP contribution in [0, 0.1) is 0 Å². The first-order valence-electron chi connectivity index (χ1n) is 4.63. The summed E-state index contributed by atoms with van der Waals surface area (Å²) in [7, 11) is 0. The van der Waals surface area contributed by atoms with E-state index in [1.165, 1.54) is 0 Å². The molecular weight excluding hydrogens is 208 g/mol. The fourth-order valence-corrected chi connectivity index (χ4v) is 1.38. The maximum Gasteiger partial charge on any atom is 0.265 e. The summed E-state index contributed by atoms with van der Waals surface area (Å²) < 4.78 is 0. The highest BCUT2D eigenvalue weighted by Gasteiger charge is 2.27. The predicted octanol–water partition coefficient (Wildman–Crippen LogP) is -0.153. The van der Waals surface area contributed by atoms with Crippen molar-refractivity contribution in [3.63, 3.8) is 0 Å². The Kier molecular flexibility index (Phi) is 2.32. The van der Waals surface area contributed by atoms with E-state index in [2.05, 4.69) is 5.10 Å². The molecule has 0 aromatic heterocycles. The van der Waals surface area contributed by atoms with E-state index in [9.17, 15) is 9.59 Å². The van der Waals surface area contributed by atoms with Gasteiger partial charge in [-0.15, -0.1) is 0 Å². The summed E-state index contributed by atoms with van der Waals surface area (Å²) in [5.41, 5.74) is 11.8. The second-order valence-electron chi connectivity index (χ2n) is 3.38. The van der Waals surface area contributed by atoms with E-state index in [0.717, 1.165) is 5.01 Å². The van der Waals surface area contributed by atoms with Crippen molar-refractivity contribution in [3.8, 4) is 0 Å². The fourth-order valence-electron chi connectivity index (χ4n) is 1.38. The molecule has 0 saturated carbocycles. The Labute approximate surface area is 91.5 Å². The molecule has 16 heavy (non-hydrogen) atoms. The highest BCUT2D eigenvalue weighted by atomic mass is 16.2. The maximum atomic E-state index is 11.5. The molecule has 0 bridgehead atoms. The lowest BCUT2D eigenvalue weighted by molar-refractivity contribution is -0.117. The van der Waals surface area contributed by atoms with E-state index < -0.39 is 5.91 Å². The largest absolute Gasteiger partial charge is 0.399 e. The molecule has 1 heterocycles. The third-order valence-electron chi connectivity index (χ3n) is 2.20. The Balaban J connectivity index is 2.31. The van der Waals surface area contributed by atoms with E-state index in [-0.39, 0.29) is 18.0 Å². The zero-order valence-corrected chi connectivity index (χ0v) is 8.38. The van der Waals surface area contributed by atoms with Crippen molar-refractivity contribution in [1.82, 2.24) is 0 Å². The van der Waals surface area contributed by atoms with Gasteiger partial charge in [0, 0.05) is 5.69 Å². The number of primary amides is 1. The minimum Gasteiger partial charge on any atom is -0.399 e. The molecule has 0 atom stereocenters. The summed E-state index contributed by atoms with van der Waals surface area (Å²) in [4.78, 5) is 22.4. The van der Waals surface area contributed by atoms with Gasteiger partial charge in [0.1, 0.15) is 5.71 Å². The molecule has 0 unspecified atom stereocenters. The molecule has 0 saturated heterocycles. The van der Waals surface area contributed by atoms with Crippen molar-refractivity contribution in [2.75, 3.05) is 10.7 Å². The summed E-state index contributed by atoms with van der Waals surface area (Å²) in [5, 5.41) is 5.01. The molecule has 4 N–H and O–H groups in total. The van der Waals surface area contributed by atoms with Crippen LogP contribution in [0.25, 0.3) is 0 Å². The van der Waals surface area contributed by atoms with E-state index in [0.29, 0.717) is 11.4 Å². The Hall–Kier alpha value is -2.37. The Morgan fingerprint density at radius 3 is 2.44 bits per heavy atom. The Morgan fingerprint density at radius 2 is 1.94 bits per heavy atom. The van der Waals surface area contributed by atoms with Crippen LogP contribution in [-0.4, -0.2) is 17.5 Å². The van der Waals surface area contributed by atoms with Crippen molar-refractivity contribution in [1.29, 1.82) is 0 Å². The molecule has 1 aromatic carbocycles. The highest BCUT2D eigenvalue weighted by molar-refractivity contribution is 6.44. The summed E-state index contributed by atoms with van der Waals surface area (Å²) in [5.74, 6) is -0.954. The van der Waals surface area contributed by atoms with Gasteiger partial charge in [-0.05, 0) is 24.3 Å². The first-order chi connectivity index (χ1) is 7.58. The normalized spacial score (nSPS) is 15.1. The number of amides is 2. The third-order valence-corrected chi connectivity index (χ3v) is 2.20.